The molecule has 1 aromatic rings. The average molecular weight is 358 g/mol. The zero-order valence-electron chi connectivity index (χ0n) is 11.7. The number of benzene rings is 1. The largest absolute Gasteiger partial charge is 0.611 e. The van der Waals surface area contributed by atoms with Crippen molar-refractivity contribution in [3.63, 3.8) is 0 Å². The van der Waals surface area contributed by atoms with Crippen molar-refractivity contribution in [2.75, 3.05) is 18.8 Å². The monoisotopic (exact) mass is 357 g/mol. The standard InChI is InChI=1S/C15H20BrNO2S/c1-2-15(18)17-9-7-12(8-10-17)11-20(19)14-5-3-13(16)4-6-14/h3-6,12H,2,7-11H2,1H3. The molecule has 1 aromatic carbocycles. The Morgan fingerprint density at radius 3 is 2.50 bits per heavy atom. The molecule has 1 atom stereocenters. The highest BCUT2D eigenvalue weighted by Gasteiger charge is 2.26. The Labute approximate surface area is 132 Å². The van der Waals surface area contributed by atoms with Crippen LogP contribution in [-0.4, -0.2) is 34.2 Å². The van der Waals surface area contributed by atoms with Gasteiger partial charge < -0.3 is 9.45 Å². The van der Waals surface area contributed by atoms with E-state index in [0.717, 1.165) is 35.3 Å². The summed E-state index contributed by atoms with van der Waals surface area (Å²) in [6.07, 6.45) is 2.51. The van der Waals surface area contributed by atoms with Gasteiger partial charge >= 0.3 is 0 Å². The number of likely N-dealkylation sites (tertiary alicyclic amines) is 1. The van der Waals surface area contributed by atoms with Crippen LogP contribution < -0.4 is 0 Å². The number of piperidine rings is 1. The number of hydrogen-bond donors (Lipinski definition) is 0. The Morgan fingerprint density at radius 1 is 1.35 bits per heavy atom. The molecule has 1 aliphatic rings. The normalized spacial score (nSPS) is 18.1. The minimum absolute atomic E-state index is 0.234. The van der Waals surface area contributed by atoms with Gasteiger partial charge in [-0.25, -0.2) is 0 Å². The van der Waals surface area contributed by atoms with Gasteiger partial charge in [-0.15, -0.1) is 0 Å². The lowest BCUT2D eigenvalue weighted by molar-refractivity contribution is -0.132. The third kappa shape index (κ3) is 4.24. The molecule has 1 amide bonds. The van der Waals surface area contributed by atoms with Crippen LogP contribution in [-0.2, 0) is 16.0 Å². The van der Waals surface area contributed by atoms with Crippen molar-refractivity contribution in [3.05, 3.63) is 28.7 Å². The molecule has 0 N–H and O–H groups in total. The predicted molar refractivity (Wildman–Crippen MR) is 85.0 cm³/mol. The van der Waals surface area contributed by atoms with Crippen molar-refractivity contribution in [3.8, 4) is 0 Å². The Hall–Kier alpha value is -0.520. The van der Waals surface area contributed by atoms with Crippen LogP contribution in [0, 0.1) is 5.92 Å². The fraction of sp³-hybridized carbons (Fsp3) is 0.533. The molecule has 0 saturated carbocycles. The minimum Gasteiger partial charge on any atom is -0.611 e. The van der Waals surface area contributed by atoms with Gasteiger partial charge in [-0.2, -0.15) is 0 Å². The topological polar surface area (TPSA) is 43.4 Å². The van der Waals surface area contributed by atoms with E-state index in [-0.39, 0.29) is 5.91 Å². The second-order valence-electron chi connectivity index (χ2n) is 5.14. The summed E-state index contributed by atoms with van der Waals surface area (Å²) in [6, 6.07) is 7.68. The fourth-order valence-electron chi connectivity index (χ4n) is 2.47. The molecule has 20 heavy (non-hydrogen) atoms. The summed E-state index contributed by atoms with van der Waals surface area (Å²) in [6.45, 7) is 3.53. The lowest BCUT2D eigenvalue weighted by Crippen LogP contribution is -2.39. The number of halogens is 1. The molecule has 1 heterocycles. The quantitative estimate of drug-likeness (QED) is 0.776. The Morgan fingerprint density at radius 2 is 1.95 bits per heavy atom. The van der Waals surface area contributed by atoms with Gasteiger partial charge in [-0.05, 0) is 48.3 Å². The molecule has 0 radical (unpaired) electrons. The van der Waals surface area contributed by atoms with Gasteiger partial charge in [0.15, 0.2) is 4.90 Å². The molecule has 1 aliphatic heterocycles. The predicted octanol–water partition coefficient (Wildman–Crippen LogP) is 3.21. The number of carbonyl (C=O) groups excluding carboxylic acids is 1. The summed E-state index contributed by atoms with van der Waals surface area (Å²) in [4.78, 5) is 14.4. The minimum atomic E-state index is -0.937. The molecule has 3 nitrogen and oxygen atoms in total. The van der Waals surface area contributed by atoms with Crippen LogP contribution in [0.1, 0.15) is 26.2 Å². The maximum Gasteiger partial charge on any atom is 0.222 e. The first kappa shape index (κ1) is 15.9. The maximum absolute atomic E-state index is 12.3. The summed E-state index contributed by atoms with van der Waals surface area (Å²) >= 11 is 2.45. The molecular formula is C15H20BrNO2S. The van der Waals surface area contributed by atoms with Crippen molar-refractivity contribution < 1.29 is 9.35 Å². The zero-order chi connectivity index (χ0) is 14.5. The second-order valence-corrected chi connectivity index (χ2v) is 7.56. The smallest absolute Gasteiger partial charge is 0.222 e. The van der Waals surface area contributed by atoms with E-state index in [9.17, 15) is 9.35 Å². The van der Waals surface area contributed by atoms with E-state index in [2.05, 4.69) is 15.9 Å². The first-order valence-corrected chi connectivity index (χ1v) is 9.13. The zero-order valence-corrected chi connectivity index (χ0v) is 14.1. The highest BCUT2D eigenvalue weighted by atomic mass is 79.9. The third-order valence-electron chi connectivity index (χ3n) is 3.73. The van der Waals surface area contributed by atoms with Crippen LogP contribution in [0.5, 0.6) is 0 Å². The summed E-state index contributed by atoms with van der Waals surface area (Å²) in [5.74, 6) is 1.40. The summed E-state index contributed by atoms with van der Waals surface area (Å²) in [5.41, 5.74) is 0. The van der Waals surface area contributed by atoms with Crippen molar-refractivity contribution >= 4 is 33.0 Å². The van der Waals surface area contributed by atoms with Crippen molar-refractivity contribution in [1.29, 1.82) is 0 Å². The van der Waals surface area contributed by atoms with E-state index in [1.54, 1.807) is 0 Å². The Balaban J connectivity index is 1.83. The summed E-state index contributed by atoms with van der Waals surface area (Å²) < 4.78 is 13.3. The summed E-state index contributed by atoms with van der Waals surface area (Å²) in [5, 5.41) is 0. The SMILES string of the molecule is CCC(=O)N1CCC(C[S+]([O-])c2ccc(Br)cc2)CC1. The molecular weight excluding hydrogens is 338 g/mol. The van der Waals surface area contributed by atoms with E-state index >= 15 is 0 Å². The molecule has 0 aliphatic carbocycles. The van der Waals surface area contributed by atoms with Gasteiger partial charge in [-0.3, -0.25) is 4.79 Å². The van der Waals surface area contributed by atoms with Crippen LogP contribution in [0.25, 0.3) is 0 Å². The van der Waals surface area contributed by atoms with E-state index in [1.807, 2.05) is 36.1 Å². The van der Waals surface area contributed by atoms with Crippen LogP contribution in [0.3, 0.4) is 0 Å². The van der Waals surface area contributed by atoms with Crippen molar-refractivity contribution in [1.82, 2.24) is 4.90 Å². The van der Waals surface area contributed by atoms with Gasteiger partial charge in [0.05, 0.1) is 0 Å². The van der Waals surface area contributed by atoms with Crippen molar-refractivity contribution in [2.45, 2.75) is 31.1 Å². The Bertz CT molecular complexity index is 444. The molecule has 1 fully saturated rings. The van der Waals surface area contributed by atoms with Gasteiger partial charge in [-0.1, -0.05) is 22.9 Å². The van der Waals surface area contributed by atoms with Gasteiger partial charge in [0, 0.05) is 29.9 Å². The number of carbonyl (C=O) groups is 1. The number of amides is 1. The molecule has 5 heteroatoms. The lowest BCUT2D eigenvalue weighted by atomic mass is 9.99. The second kappa shape index (κ2) is 7.48. The van der Waals surface area contributed by atoms with E-state index < -0.39 is 11.2 Å². The molecule has 110 valence electrons. The Kier molecular flexibility index (Phi) is 5.93. The van der Waals surface area contributed by atoms with Crippen LogP contribution in [0.2, 0.25) is 0 Å². The van der Waals surface area contributed by atoms with Gasteiger partial charge in [0.1, 0.15) is 5.75 Å². The maximum atomic E-state index is 12.3. The van der Waals surface area contributed by atoms with E-state index in [0.29, 0.717) is 18.1 Å². The molecule has 0 bridgehead atoms. The van der Waals surface area contributed by atoms with Crippen molar-refractivity contribution in [2.24, 2.45) is 5.92 Å². The number of hydrogen-bond acceptors (Lipinski definition) is 2. The first-order valence-electron chi connectivity index (χ1n) is 7.02. The molecule has 0 spiro atoms. The lowest BCUT2D eigenvalue weighted by Gasteiger charge is -2.31. The molecule has 2 rings (SSSR count). The molecule has 1 unspecified atom stereocenters. The van der Waals surface area contributed by atoms with Crippen LogP contribution in [0.15, 0.2) is 33.6 Å². The average Bonchev–Trinajstić information content (AvgIpc) is 2.48. The molecule has 0 aromatic heterocycles. The van der Waals surface area contributed by atoms with Crippen LogP contribution in [0.4, 0.5) is 0 Å². The number of nitrogens with zero attached hydrogens (tertiary/aromatic N) is 1. The highest BCUT2D eigenvalue weighted by molar-refractivity contribution is 9.10. The van der Waals surface area contributed by atoms with Crippen LogP contribution >= 0.6 is 15.9 Å². The molecule has 1 saturated heterocycles. The third-order valence-corrected chi connectivity index (χ3v) is 5.83. The van der Waals surface area contributed by atoms with E-state index in [1.165, 1.54) is 0 Å². The van der Waals surface area contributed by atoms with E-state index in [4.69, 9.17) is 0 Å². The fourth-order valence-corrected chi connectivity index (χ4v) is 4.13. The number of rotatable bonds is 4. The first-order chi connectivity index (χ1) is 9.60. The van der Waals surface area contributed by atoms with Gasteiger partial charge in [0.2, 0.25) is 5.91 Å². The summed E-state index contributed by atoms with van der Waals surface area (Å²) in [7, 11) is 0. The highest BCUT2D eigenvalue weighted by Crippen LogP contribution is 2.23. The van der Waals surface area contributed by atoms with Gasteiger partial charge in [0.25, 0.3) is 0 Å².